The second kappa shape index (κ2) is 8.06. The van der Waals surface area contributed by atoms with E-state index in [-0.39, 0.29) is 5.69 Å². The van der Waals surface area contributed by atoms with Gasteiger partial charge in [-0.2, -0.15) is 0 Å². The zero-order chi connectivity index (χ0) is 26.0. The lowest BCUT2D eigenvalue weighted by Crippen LogP contribution is -2.37. The highest BCUT2D eigenvalue weighted by Gasteiger charge is 2.37. The molecule has 0 aliphatic carbocycles. The fraction of sp³-hybridized carbons (Fsp3) is 0.143. The van der Waals surface area contributed by atoms with Crippen molar-refractivity contribution in [1.29, 1.82) is 0 Å². The van der Waals surface area contributed by atoms with Crippen LogP contribution in [0.1, 0.15) is 22.9 Å². The van der Waals surface area contributed by atoms with Gasteiger partial charge in [0.15, 0.2) is 0 Å². The molecule has 5 aromatic rings. The summed E-state index contributed by atoms with van der Waals surface area (Å²) in [6.45, 7) is 1.97. The molecule has 3 heterocycles. The Morgan fingerprint density at radius 1 is 0.892 bits per heavy atom. The van der Waals surface area contributed by atoms with E-state index in [0.717, 1.165) is 27.1 Å². The molecule has 0 spiro atoms. The summed E-state index contributed by atoms with van der Waals surface area (Å²) in [4.78, 5) is 38.5. The Kier molecular flexibility index (Phi) is 4.91. The van der Waals surface area contributed by atoms with E-state index in [4.69, 9.17) is 0 Å². The molecule has 9 nitrogen and oxygen atoms in total. The molecule has 0 saturated carbocycles. The van der Waals surface area contributed by atoms with Crippen molar-refractivity contribution in [2.24, 2.45) is 14.1 Å². The molecule has 0 fully saturated rings. The number of rotatable bonds is 3. The average Bonchev–Trinajstić information content (AvgIpc) is 3.27. The smallest absolute Gasteiger partial charge is 0.331 e. The predicted octanol–water partition coefficient (Wildman–Crippen LogP) is 4.43. The maximum absolute atomic E-state index is 13.8. The van der Waals surface area contributed by atoms with Gasteiger partial charge < -0.3 is 9.88 Å². The van der Waals surface area contributed by atoms with Gasteiger partial charge in [-0.3, -0.25) is 24.0 Å². The molecule has 0 unspecified atom stereocenters. The van der Waals surface area contributed by atoms with Gasteiger partial charge in [0.25, 0.3) is 11.2 Å². The third-order valence-corrected chi connectivity index (χ3v) is 7.17. The maximum Gasteiger partial charge on any atom is 0.331 e. The van der Waals surface area contributed by atoms with Crippen molar-refractivity contribution in [1.82, 2.24) is 13.7 Å². The minimum absolute atomic E-state index is 0.0495. The summed E-state index contributed by atoms with van der Waals surface area (Å²) in [6, 6.07) is 21.2. The Balaban J connectivity index is 1.89. The Hall–Kier alpha value is -4.92. The molecule has 6 rings (SSSR count). The van der Waals surface area contributed by atoms with E-state index in [0.29, 0.717) is 27.9 Å². The van der Waals surface area contributed by atoms with Crippen LogP contribution in [0.15, 0.2) is 82.4 Å². The van der Waals surface area contributed by atoms with Gasteiger partial charge in [0.05, 0.1) is 44.2 Å². The molecule has 0 saturated heterocycles. The molecular formula is C28H23N5O4. The average molecular weight is 494 g/mol. The third-order valence-electron chi connectivity index (χ3n) is 7.17. The van der Waals surface area contributed by atoms with E-state index in [1.54, 1.807) is 25.2 Å². The van der Waals surface area contributed by atoms with Crippen LogP contribution in [0, 0.1) is 17.0 Å². The summed E-state index contributed by atoms with van der Waals surface area (Å²) in [6.07, 6.45) is 0. The number of aromatic nitrogens is 3. The highest BCUT2D eigenvalue weighted by atomic mass is 16.6. The largest absolute Gasteiger partial charge is 0.371 e. The summed E-state index contributed by atoms with van der Waals surface area (Å²) >= 11 is 0. The summed E-state index contributed by atoms with van der Waals surface area (Å²) in [7, 11) is 3.09. The molecule has 184 valence electrons. The third kappa shape index (κ3) is 3.10. The molecule has 0 amide bonds. The summed E-state index contributed by atoms with van der Waals surface area (Å²) in [5.41, 5.74) is 4.53. The van der Waals surface area contributed by atoms with Crippen LogP contribution in [-0.2, 0) is 14.1 Å². The number of fused-ring (bicyclic) bond motifs is 5. The zero-order valence-corrected chi connectivity index (χ0v) is 20.4. The van der Waals surface area contributed by atoms with Crippen LogP contribution >= 0.6 is 0 Å². The Morgan fingerprint density at radius 3 is 2.32 bits per heavy atom. The van der Waals surface area contributed by atoms with Gasteiger partial charge in [0, 0.05) is 25.7 Å². The van der Waals surface area contributed by atoms with Crippen LogP contribution in [0.3, 0.4) is 0 Å². The van der Waals surface area contributed by atoms with E-state index in [9.17, 15) is 19.7 Å². The molecule has 1 atom stereocenters. The minimum atomic E-state index is -0.700. The normalized spacial score (nSPS) is 14.2. The summed E-state index contributed by atoms with van der Waals surface area (Å²) in [5.74, 6) is 0. The lowest BCUT2D eigenvalue weighted by Gasteiger charge is -2.31. The second-order valence-electron chi connectivity index (χ2n) is 9.22. The Bertz CT molecular complexity index is 1880. The van der Waals surface area contributed by atoms with Crippen LogP contribution in [0.2, 0.25) is 0 Å². The number of anilines is 1. The molecule has 0 bridgehead atoms. The number of nitro benzene ring substituents is 1. The van der Waals surface area contributed by atoms with Crippen LogP contribution in [0.25, 0.3) is 27.8 Å². The molecule has 1 aliphatic heterocycles. The van der Waals surface area contributed by atoms with Gasteiger partial charge in [-0.15, -0.1) is 0 Å². The topological polar surface area (TPSA) is 104 Å². The van der Waals surface area contributed by atoms with Crippen molar-refractivity contribution in [3.63, 3.8) is 0 Å². The van der Waals surface area contributed by atoms with Crippen LogP contribution in [0.4, 0.5) is 11.4 Å². The lowest BCUT2D eigenvalue weighted by atomic mass is 9.98. The molecule has 2 aromatic heterocycles. The predicted molar refractivity (Wildman–Crippen MR) is 142 cm³/mol. The van der Waals surface area contributed by atoms with Crippen molar-refractivity contribution in [3.8, 4) is 16.9 Å². The minimum Gasteiger partial charge on any atom is -0.371 e. The number of aryl methyl sites for hydroxylation is 2. The van der Waals surface area contributed by atoms with E-state index >= 15 is 0 Å². The standard InChI is InChI=1S/C28H23N5O4/c1-16-10-4-5-11-17(16)24-22-25(30(2)28(35)31(3)27(22)34)26-23(18-12-6-8-14-20(18)33(36)37)29-19-13-7-9-15-21(19)32(24)26/h4-15,23,29H,1-3H3/t23-/m0/s1. The maximum atomic E-state index is 13.8. The van der Waals surface area contributed by atoms with Crippen LogP contribution in [0.5, 0.6) is 0 Å². The zero-order valence-electron chi connectivity index (χ0n) is 20.4. The van der Waals surface area contributed by atoms with E-state index in [1.165, 1.54) is 17.7 Å². The monoisotopic (exact) mass is 493 g/mol. The number of nitro groups is 1. The van der Waals surface area contributed by atoms with E-state index < -0.39 is 22.2 Å². The van der Waals surface area contributed by atoms with Crippen molar-refractivity contribution in [2.75, 3.05) is 5.32 Å². The number of benzene rings is 3. The van der Waals surface area contributed by atoms with Gasteiger partial charge in [0.1, 0.15) is 6.04 Å². The Labute approximate surface area is 211 Å². The van der Waals surface area contributed by atoms with Crippen LogP contribution < -0.4 is 16.6 Å². The number of para-hydroxylation sites is 3. The molecule has 9 heteroatoms. The first-order valence-electron chi connectivity index (χ1n) is 11.8. The quantitative estimate of drug-likeness (QED) is 0.296. The van der Waals surface area contributed by atoms with E-state index in [1.807, 2.05) is 60.0 Å². The fourth-order valence-electron chi connectivity index (χ4n) is 5.44. The molecule has 3 aromatic carbocycles. The molecule has 0 radical (unpaired) electrons. The van der Waals surface area contributed by atoms with E-state index in [2.05, 4.69) is 5.32 Å². The lowest BCUT2D eigenvalue weighted by molar-refractivity contribution is -0.385. The van der Waals surface area contributed by atoms with Gasteiger partial charge >= 0.3 is 5.69 Å². The molecule has 37 heavy (non-hydrogen) atoms. The van der Waals surface area contributed by atoms with Crippen molar-refractivity contribution >= 4 is 22.3 Å². The number of nitrogens with zero attached hydrogens (tertiary/aromatic N) is 4. The van der Waals surface area contributed by atoms with Crippen molar-refractivity contribution < 1.29 is 4.92 Å². The van der Waals surface area contributed by atoms with Gasteiger partial charge in [-0.1, -0.05) is 48.5 Å². The first kappa shape index (κ1) is 22.5. The van der Waals surface area contributed by atoms with Gasteiger partial charge in [0.2, 0.25) is 0 Å². The number of hydrogen-bond donors (Lipinski definition) is 1. The fourth-order valence-corrected chi connectivity index (χ4v) is 5.44. The van der Waals surface area contributed by atoms with Gasteiger partial charge in [-0.25, -0.2) is 4.79 Å². The molecule has 1 aliphatic rings. The highest BCUT2D eigenvalue weighted by Crippen LogP contribution is 2.47. The first-order valence-corrected chi connectivity index (χ1v) is 11.8. The summed E-state index contributed by atoms with van der Waals surface area (Å²) in [5, 5.41) is 15.9. The Morgan fingerprint density at radius 2 is 1.57 bits per heavy atom. The molecule has 1 N–H and O–H groups in total. The molecular weight excluding hydrogens is 470 g/mol. The highest BCUT2D eigenvalue weighted by molar-refractivity contribution is 6.00. The van der Waals surface area contributed by atoms with Crippen molar-refractivity contribution in [3.05, 3.63) is 121 Å². The second-order valence-corrected chi connectivity index (χ2v) is 9.22. The SMILES string of the molecule is Cc1ccccc1-c1c2c(=O)n(C)c(=O)n(C)c2c2n1-c1ccccc1N[C@H]2c1ccccc1[N+](=O)[O-]. The van der Waals surface area contributed by atoms with Crippen molar-refractivity contribution in [2.45, 2.75) is 13.0 Å². The summed E-state index contributed by atoms with van der Waals surface area (Å²) < 4.78 is 4.55. The first-order chi connectivity index (χ1) is 17.8. The number of hydrogen-bond acceptors (Lipinski definition) is 5. The van der Waals surface area contributed by atoms with Gasteiger partial charge in [-0.05, 0) is 30.7 Å². The number of nitrogens with one attached hydrogen (secondary N) is 1. The van der Waals surface area contributed by atoms with Crippen LogP contribution in [-0.4, -0.2) is 18.6 Å².